The topological polar surface area (TPSA) is 73.1 Å². The molecule has 0 N–H and O–H groups in total. The molecule has 1 aromatic heterocycles. The fourth-order valence-electron chi connectivity index (χ4n) is 3.83. The molecule has 7 nitrogen and oxygen atoms in total. The summed E-state index contributed by atoms with van der Waals surface area (Å²) in [5, 5.41) is 12.6. The Morgan fingerprint density at radius 2 is 1.84 bits per heavy atom. The van der Waals surface area contributed by atoms with Gasteiger partial charge in [-0.3, -0.25) is 4.79 Å². The second-order valence-electron chi connectivity index (χ2n) is 7.60. The summed E-state index contributed by atoms with van der Waals surface area (Å²) in [6.07, 6.45) is 3.19. The van der Waals surface area contributed by atoms with Gasteiger partial charge in [0.25, 0.3) is 0 Å². The first-order valence-corrected chi connectivity index (χ1v) is 11.7. The Kier molecular flexibility index (Phi) is 7.19. The molecule has 0 aliphatic carbocycles. The minimum absolute atomic E-state index is 0.143. The van der Waals surface area contributed by atoms with E-state index < -0.39 is 0 Å². The monoisotopic (exact) mass is 437 g/mol. The molecule has 0 bridgehead atoms. The number of amides is 1. The van der Waals surface area contributed by atoms with Crippen LogP contribution in [0.25, 0.3) is 5.69 Å². The number of carbonyl (C=O) groups is 1. The van der Waals surface area contributed by atoms with E-state index in [2.05, 4.69) is 45.9 Å². The number of likely N-dealkylation sites (tertiary alicyclic amines) is 1. The molecule has 1 aliphatic heterocycles. The van der Waals surface area contributed by atoms with Gasteiger partial charge < -0.3 is 9.64 Å². The van der Waals surface area contributed by atoms with E-state index in [1.807, 2.05) is 36.1 Å². The Labute approximate surface area is 186 Å². The number of thioether (sulfide) groups is 1. The van der Waals surface area contributed by atoms with Crippen molar-refractivity contribution in [3.63, 3.8) is 0 Å². The molecule has 1 fully saturated rings. The van der Waals surface area contributed by atoms with E-state index in [0.717, 1.165) is 43.8 Å². The van der Waals surface area contributed by atoms with Crippen molar-refractivity contribution >= 4 is 17.7 Å². The maximum Gasteiger partial charge on any atom is 0.233 e. The molecule has 4 rings (SSSR count). The predicted molar refractivity (Wildman–Crippen MR) is 120 cm³/mol. The van der Waals surface area contributed by atoms with Crippen LogP contribution >= 0.6 is 11.8 Å². The van der Waals surface area contributed by atoms with Crippen LogP contribution < -0.4 is 4.74 Å². The number of benzene rings is 2. The molecule has 0 spiro atoms. The van der Waals surface area contributed by atoms with Gasteiger partial charge in [0.2, 0.25) is 11.1 Å². The molecular weight excluding hydrogens is 410 g/mol. The largest absolute Gasteiger partial charge is 0.494 e. The number of hydrogen-bond donors (Lipinski definition) is 0. The van der Waals surface area contributed by atoms with E-state index in [-0.39, 0.29) is 5.91 Å². The maximum absolute atomic E-state index is 12.7. The molecule has 0 unspecified atom stereocenters. The lowest BCUT2D eigenvalue weighted by Crippen LogP contribution is -2.39. The highest BCUT2D eigenvalue weighted by molar-refractivity contribution is 7.99. The second-order valence-corrected chi connectivity index (χ2v) is 8.55. The number of hydrogen-bond acceptors (Lipinski definition) is 6. The maximum atomic E-state index is 12.7. The second kappa shape index (κ2) is 10.4. The number of aromatic nitrogens is 4. The fourth-order valence-corrected chi connectivity index (χ4v) is 4.63. The van der Waals surface area contributed by atoms with E-state index in [1.54, 1.807) is 4.68 Å². The van der Waals surface area contributed by atoms with Crippen molar-refractivity contribution in [1.82, 2.24) is 25.1 Å². The van der Waals surface area contributed by atoms with E-state index >= 15 is 0 Å². The molecule has 1 amide bonds. The number of nitrogens with zero attached hydrogens (tertiary/aromatic N) is 5. The predicted octanol–water partition coefficient (Wildman–Crippen LogP) is 3.63. The van der Waals surface area contributed by atoms with Crippen LogP contribution in [0.15, 0.2) is 59.8 Å². The Morgan fingerprint density at radius 1 is 1.10 bits per heavy atom. The average molecular weight is 438 g/mol. The van der Waals surface area contributed by atoms with Crippen LogP contribution in [0.1, 0.15) is 25.3 Å². The van der Waals surface area contributed by atoms with Gasteiger partial charge in [0, 0.05) is 13.1 Å². The Bertz CT molecular complexity index is 969. The number of ether oxygens (including phenoxy) is 1. The summed E-state index contributed by atoms with van der Waals surface area (Å²) < 4.78 is 7.13. The fraction of sp³-hybridized carbons (Fsp3) is 0.391. The van der Waals surface area contributed by atoms with Crippen LogP contribution in [0, 0.1) is 5.92 Å². The Hall–Kier alpha value is -2.87. The SMILES string of the molecule is CCOc1ccc(-n2nnnc2SCC(=O)N2CCC(Cc3ccccc3)CC2)cc1. The molecular formula is C23H27N5O2S. The van der Waals surface area contributed by atoms with Crippen molar-refractivity contribution in [3.8, 4) is 11.4 Å². The van der Waals surface area contributed by atoms with Gasteiger partial charge in [-0.1, -0.05) is 42.1 Å². The van der Waals surface area contributed by atoms with E-state index in [4.69, 9.17) is 4.74 Å². The van der Waals surface area contributed by atoms with Gasteiger partial charge in [0.15, 0.2) is 0 Å². The summed E-state index contributed by atoms with van der Waals surface area (Å²) in [5.41, 5.74) is 2.22. The van der Waals surface area contributed by atoms with Gasteiger partial charge in [0.05, 0.1) is 18.0 Å². The van der Waals surface area contributed by atoms with Gasteiger partial charge in [-0.15, -0.1) is 5.10 Å². The summed E-state index contributed by atoms with van der Waals surface area (Å²) in [6.45, 7) is 4.21. The molecule has 8 heteroatoms. The number of rotatable bonds is 8. The normalized spacial score (nSPS) is 14.5. The van der Waals surface area contributed by atoms with Crippen molar-refractivity contribution in [1.29, 1.82) is 0 Å². The standard InChI is InChI=1S/C23H27N5O2S/c1-2-30-21-10-8-20(9-11-21)28-23(24-25-26-28)31-17-22(29)27-14-12-19(13-15-27)16-18-6-4-3-5-7-18/h3-11,19H,2,12-17H2,1H3. The van der Waals surface area contributed by atoms with E-state index in [1.165, 1.54) is 17.3 Å². The summed E-state index contributed by atoms with van der Waals surface area (Å²) in [4.78, 5) is 14.7. The minimum atomic E-state index is 0.143. The molecule has 2 heterocycles. The lowest BCUT2D eigenvalue weighted by Gasteiger charge is -2.32. The lowest BCUT2D eigenvalue weighted by atomic mass is 9.90. The number of tetrazole rings is 1. The molecule has 0 radical (unpaired) electrons. The molecule has 1 saturated heterocycles. The first kappa shape index (κ1) is 21.4. The zero-order valence-electron chi connectivity index (χ0n) is 17.7. The Morgan fingerprint density at radius 3 is 2.55 bits per heavy atom. The van der Waals surface area contributed by atoms with Crippen LogP contribution in [-0.2, 0) is 11.2 Å². The minimum Gasteiger partial charge on any atom is -0.494 e. The summed E-state index contributed by atoms with van der Waals surface area (Å²) in [6, 6.07) is 18.2. The number of carbonyl (C=O) groups excluding carboxylic acids is 1. The van der Waals surface area contributed by atoms with Crippen molar-refractivity contribution in [2.75, 3.05) is 25.4 Å². The van der Waals surface area contributed by atoms with E-state index in [0.29, 0.717) is 23.4 Å². The highest BCUT2D eigenvalue weighted by Gasteiger charge is 2.23. The van der Waals surface area contributed by atoms with Crippen LogP contribution in [0.5, 0.6) is 5.75 Å². The molecule has 3 aromatic rings. The summed E-state index contributed by atoms with van der Waals surface area (Å²) in [5.74, 6) is 1.93. The van der Waals surface area contributed by atoms with Crippen LogP contribution in [-0.4, -0.2) is 56.5 Å². The van der Waals surface area contributed by atoms with Gasteiger partial charge in [0.1, 0.15) is 5.75 Å². The van der Waals surface area contributed by atoms with Crippen LogP contribution in [0.4, 0.5) is 0 Å². The third-order valence-corrected chi connectivity index (χ3v) is 6.40. The van der Waals surface area contributed by atoms with Crippen molar-refractivity contribution < 1.29 is 9.53 Å². The van der Waals surface area contributed by atoms with Gasteiger partial charge in [-0.05, 0) is 72.4 Å². The molecule has 2 aromatic carbocycles. The third kappa shape index (κ3) is 5.64. The first-order chi connectivity index (χ1) is 15.2. The quantitative estimate of drug-likeness (QED) is 0.501. The molecule has 1 aliphatic rings. The number of piperidine rings is 1. The average Bonchev–Trinajstić information content (AvgIpc) is 3.28. The molecule has 0 saturated carbocycles. The van der Waals surface area contributed by atoms with Crippen molar-refractivity contribution in [2.24, 2.45) is 5.92 Å². The van der Waals surface area contributed by atoms with Crippen LogP contribution in [0.2, 0.25) is 0 Å². The Balaban J connectivity index is 1.27. The zero-order chi connectivity index (χ0) is 21.5. The highest BCUT2D eigenvalue weighted by Crippen LogP contribution is 2.24. The summed E-state index contributed by atoms with van der Waals surface area (Å²) in [7, 11) is 0. The molecule has 0 atom stereocenters. The van der Waals surface area contributed by atoms with E-state index in [9.17, 15) is 4.79 Å². The summed E-state index contributed by atoms with van der Waals surface area (Å²) >= 11 is 1.37. The molecule has 31 heavy (non-hydrogen) atoms. The van der Waals surface area contributed by atoms with Gasteiger partial charge in [-0.25, -0.2) is 0 Å². The third-order valence-electron chi connectivity index (χ3n) is 5.49. The smallest absolute Gasteiger partial charge is 0.233 e. The van der Waals surface area contributed by atoms with Gasteiger partial charge in [-0.2, -0.15) is 4.68 Å². The zero-order valence-corrected chi connectivity index (χ0v) is 18.5. The lowest BCUT2D eigenvalue weighted by molar-refractivity contribution is -0.129. The van der Waals surface area contributed by atoms with Crippen LogP contribution in [0.3, 0.4) is 0 Å². The van der Waals surface area contributed by atoms with Crippen molar-refractivity contribution in [2.45, 2.75) is 31.3 Å². The van der Waals surface area contributed by atoms with Gasteiger partial charge >= 0.3 is 0 Å². The molecule has 162 valence electrons. The first-order valence-electron chi connectivity index (χ1n) is 10.7. The highest BCUT2D eigenvalue weighted by atomic mass is 32.2. The van der Waals surface area contributed by atoms with Crippen molar-refractivity contribution in [3.05, 3.63) is 60.2 Å².